The molecule has 124 valence electrons. The zero-order valence-corrected chi connectivity index (χ0v) is 13.3. The van der Waals surface area contributed by atoms with Crippen LogP contribution >= 0.6 is 0 Å². The summed E-state index contributed by atoms with van der Waals surface area (Å²) in [6.07, 6.45) is 2.16. The lowest BCUT2D eigenvalue weighted by molar-refractivity contribution is -0.116. The maximum atomic E-state index is 12.2. The van der Waals surface area contributed by atoms with E-state index in [2.05, 4.69) is 25.5 Å². The van der Waals surface area contributed by atoms with Gasteiger partial charge in [-0.2, -0.15) is 0 Å². The maximum absolute atomic E-state index is 12.2. The fourth-order valence-electron chi connectivity index (χ4n) is 2.61. The van der Waals surface area contributed by atoms with Crippen LogP contribution in [0, 0.1) is 0 Å². The van der Waals surface area contributed by atoms with Gasteiger partial charge in [-0.3, -0.25) is 4.79 Å². The van der Waals surface area contributed by atoms with E-state index < -0.39 is 0 Å². The SMILES string of the molecule is O=C(CCc1nc2ccccc2[nH]1)Nc1cccc(-c2nnco2)c1. The van der Waals surface area contributed by atoms with E-state index in [4.69, 9.17) is 4.42 Å². The van der Waals surface area contributed by atoms with Crippen molar-refractivity contribution in [3.8, 4) is 11.5 Å². The summed E-state index contributed by atoms with van der Waals surface area (Å²) >= 11 is 0. The van der Waals surface area contributed by atoms with Crippen LogP contribution in [-0.2, 0) is 11.2 Å². The first-order valence-electron chi connectivity index (χ1n) is 7.88. The topological polar surface area (TPSA) is 96.7 Å². The minimum atomic E-state index is -0.0804. The van der Waals surface area contributed by atoms with Crippen molar-refractivity contribution in [1.82, 2.24) is 20.2 Å². The van der Waals surface area contributed by atoms with E-state index in [1.165, 1.54) is 6.39 Å². The second-order valence-corrected chi connectivity index (χ2v) is 5.57. The Kier molecular flexibility index (Phi) is 3.96. The van der Waals surface area contributed by atoms with Gasteiger partial charge < -0.3 is 14.7 Å². The summed E-state index contributed by atoms with van der Waals surface area (Å²) in [5.74, 6) is 1.14. The summed E-state index contributed by atoms with van der Waals surface area (Å²) in [5.41, 5.74) is 3.33. The lowest BCUT2D eigenvalue weighted by Gasteiger charge is -2.05. The molecule has 0 aliphatic carbocycles. The summed E-state index contributed by atoms with van der Waals surface area (Å²) in [4.78, 5) is 19.9. The molecule has 0 atom stereocenters. The molecule has 0 fully saturated rings. The van der Waals surface area contributed by atoms with E-state index in [9.17, 15) is 4.79 Å². The van der Waals surface area contributed by atoms with E-state index in [0.717, 1.165) is 22.4 Å². The molecule has 0 unspecified atom stereocenters. The van der Waals surface area contributed by atoms with Crippen molar-refractivity contribution < 1.29 is 9.21 Å². The highest BCUT2D eigenvalue weighted by atomic mass is 16.4. The van der Waals surface area contributed by atoms with E-state index in [0.29, 0.717) is 24.4 Å². The summed E-state index contributed by atoms with van der Waals surface area (Å²) in [6.45, 7) is 0. The minimum Gasteiger partial charge on any atom is -0.423 e. The number of H-pyrrole nitrogens is 1. The monoisotopic (exact) mass is 333 g/mol. The van der Waals surface area contributed by atoms with Gasteiger partial charge in [-0.05, 0) is 30.3 Å². The number of carbonyl (C=O) groups is 1. The lowest BCUT2D eigenvalue weighted by Crippen LogP contribution is -2.12. The van der Waals surface area contributed by atoms with E-state index in [-0.39, 0.29) is 5.91 Å². The van der Waals surface area contributed by atoms with Crippen molar-refractivity contribution in [2.45, 2.75) is 12.8 Å². The van der Waals surface area contributed by atoms with Crippen molar-refractivity contribution in [2.75, 3.05) is 5.32 Å². The van der Waals surface area contributed by atoms with Gasteiger partial charge in [0.15, 0.2) is 0 Å². The minimum absolute atomic E-state index is 0.0804. The fourth-order valence-corrected chi connectivity index (χ4v) is 2.61. The van der Waals surface area contributed by atoms with Crippen LogP contribution in [-0.4, -0.2) is 26.1 Å². The van der Waals surface area contributed by atoms with Gasteiger partial charge in [-0.15, -0.1) is 10.2 Å². The van der Waals surface area contributed by atoms with Gasteiger partial charge in [-0.25, -0.2) is 4.98 Å². The Morgan fingerprint density at radius 1 is 1.16 bits per heavy atom. The Labute approximate surface area is 143 Å². The number of benzene rings is 2. The Bertz CT molecular complexity index is 974. The van der Waals surface area contributed by atoms with Crippen molar-refractivity contribution in [3.63, 3.8) is 0 Å². The molecular weight excluding hydrogens is 318 g/mol. The molecule has 0 saturated carbocycles. The molecular formula is C18H15N5O2. The van der Waals surface area contributed by atoms with Crippen molar-refractivity contribution in [1.29, 1.82) is 0 Å². The average molecular weight is 333 g/mol. The third kappa shape index (κ3) is 3.40. The molecule has 2 aromatic carbocycles. The Morgan fingerprint density at radius 2 is 2.08 bits per heavy atom. The Morgan fingerprint density at radius 3 is 2.92 bits per heavy atom. The van der Waals surface area contributed by atoms with E-state index in [1.807, 2.05) is 42.5 Å². The van der Waals surface area contributed by atoms with Crippen molar-refractivity contribution in [3.05, 3.63) is 60.7 Å². The Balaban J connectivity index is 1.39. The second kappa shape index (κ2) is 6.56. The quantitative estimate of drug-likeness (QED) is 0.584. The summed E-state index contributed by atoms with van der Waals surface area (Å²) in [5, 5.41) is 10.4. The first-order valence-corrected chi connectivity index (χ1v) is 7.88. The number of para-hydroxylation sites is 2. The molecule has 2 N–H and O–H groups in total. The van der Waals surface area contributed by atoms with Crippen LogP contribution in [0.15, 0.2) is 59.3 Å². The number of carbonyl (C=O) groups excluding carboxylic acids is 1. The maximum Gasteiger partial charge on any atom is 0.247 e. The number of aryl methyl sites for hydroxylation is 1. The number of hydrogen-bond acceptors (Lipinski definition) is 5. The number of imidazole rings is 1. The smallest absolute Gasteiger partial charge is 0.247 e. The molecule has 2 aromatic heterocycles. The average Bonchev–Trinajstić information content (AvgIpc) is 3.29. The molecule has 25 heavy (non-hydrogen) atoms. The molecule has 0 aliphatic heterocycles. The number of anilines is 1. The first kappa shape index (κ1) is 15.1. The van der Waals surface area contributed by atoms with Crippen LogP contribution in [0.4, 0.5) is 5.69 Å². The molecule has 7 nitrogen and oxygen atoms in total. The number of aromatic amines is 1. The van der Waals surface area contributed by atoms with E-state index >= 15 is 0 Å². The number of nitrogens with one attached hydrogen (secondary N) is 2. The lowest BCUT2D eigenvalue weighted by atomic mass is 10.2. The summed E-state index contributed by atoms with van der Waals surface area (Å²) in [7, 11) is 0. The third-order valence-corrected chi connectivity index (χ3v) is 3.78. The van der Waals surface area contributed by atoms with Crippen LogP contribution in [0.5, 0.6) is 0 Å². The largest absolute Gasteiger partial charge is 0.423 e. The number of hydrogen-bond donors (Lipinski definition) is 2. The summed E-state index contributed by atoms with van der Waals surface area (Å²) in [6, 6.07) is 15.1. The van der Waals surface area contributed by atoms with Crippen LogP contribution in [0.3, 0.4) is 0 Å². The number of fused-ring (bicyclic) bond motifs is 1. The summed E-state index contributed by atoms with van der Waals surface area (Å²) < 4.78 is 5.17. The number of amides is 1. The zero-order valence-electron chi connectivity index (χ0n) is 13.3. The van der Waals surface area contributed by atoms with Gasteiger partial charge in [0, 0.05) is 24.1 Å². The van der Waals surface area contributed by atoms with Gasteiger partial charge in [0.1, 0.15) is 5.82 Å². The molecule has 7 heteroatoms. The second-order valence-electron chi connectivity index (χ2n) is 5.57. The molecule has 0 spiro atoms. The van der Waals surface area contributed by atoms with E-state index in [1.54, 1.807) is 6.07 Å². The van der Waals surface area contributed by atoms with Gasteiger partial charge in [0.2, 0.25) is 18.2 Å². The third-order valence-electron chi connectivity index (χ3n) is 3.78. The number of aromatic nitrogens is 4. The van der Waals surface area contributed by atoms with Crippen LogP contribution < -0.4 is 5.32 Å². The molecule has 0 aliphatic rings. The number of nitrogens with zero attached hydrogens (tertiary/aromatic N) is 3. The zero-order chi connectivity index (χ0) is 17.1. The fraction of sp³-hybridized carbons (Fsp3) is 0.111. The Hall–Kier alpha value is -3.48. The van der Waals surface area contributed by atoms with Crippen LogP contribution in [0.1, 0.15) is 12.2 Å². The predicted octanol–water partition coefficient (Wildman–Crippen LogP) is 3.18. The molecule has 4 rings (SSSR count). The van der Waals surface area contributed by atoms with Gasteiger partial charge in [0.05, 0.1) is 11.0 Å². The first-order chi connectivity index (χ1) is 12.3. The molecule has 1 amide bonds. The molecule has 0 bridgehead atoms. The molecule has 2 heterocycles. The predicted molar refractivity (Wildman–Crippen MR) is 92.8 cm³/mol. The van der Waals surface area contributed by atoms with Crippen molar-refractivity contribution >= 4 is 22.6 Å². The molecule has 0 radical (unpaired) electrons. The van der Waals surface area contributed by atoms with Gasteiger partial charge >= 0.3 is 0 Å². The molecule has 0 saturated heterocycles. The number of rotatable bonds is 5. The van der Waals surface area contributed by atoms with Gasteiger partial charge in [-0.1, -0.05) is 18.2 Å². The highest BCUT2D eigenvalue weighted by Crippen LogP contribution is 2.20. The van der Waals surface area contributed by atoms with Crippen LogP contribution in [0.25, 0.3) is 22.5 Å². The molecule has 4 aromatic rings. The van der Waals surface area contributed by atoms with Crippen molar-refractivity contribution in [2.24, 2.45) is 0 Å². The van der Waals surface area contributed by atoms with Crippen LogP contribution in [0.2, 0.25) is 0 Å². The standard InChI is InChI=1S/C18H15N5O2/c24-17(9-8-16-21-14-6-1-2-7-15(14)22-16)20-13-5-3-4-12(10-13)18-23-19-11-25-18/h1-7,10-11H,8-9H2,(H,20,24)(H,21,22). The highest BCUT2D eigenvalue weighted by Gasteiger charge is 2.09. The highest BCUT2D eigenvalue weighted by molar-refractivity contribution is 5.91. The normalized spacial score (nSPS) is 10.9. The van der Waals surface area contributed by atoms with Gasteiger partial charge in [0.25, 0.3) is 0 Å².